The van der Waals surface area contributed by atoms with Crippen molar-refractivity contribution in [2.75, 3.05) is 11.9 Å². The predicted octanol–water partition coefficient (Wildman–Crippen LogP) is 6.82. The maximum Gasteiger partial charge on any atom is 0.416 e. The van der Waals surface area contributed by atoms with Crippen LogP contribution in [-0.4, -0.2) is 22.6 Å². The van der Waals surface area contributed by atoms with E-state index >= 15 is 0 Å². The third kappa shape index (κ3) is 6.19. The van der Waals surface area contributed by atoms with Gasteiger partial charge in [0, 0.05) is 30.4 Å². The number of benzene rings is 2. The molecule has 5 rings (SSSR count). The predicted molar refractivity (Wildman–Crippen MR) is 143 cm³/mol. The highest BCUT2D eigenvalue weighted by Gasteiger charge is 2.30. The molecule has 2 heterocycles. The minimum atomic E-state index is -4.35. The third-order valence-corrected chi connectivity index (χ3v) is 7.27. The fourth-order valence-corrected chi connectivity index (χ4v) is 5.17. The number of allylic oxidation sites excluding steroid dienone is 2. The second-order valence-corrected chi connectivity index (χ2v) is 10.0. The molecule has 2 aromatic heterocycles. The van der Waals surface area contributed by atoms with Crippen LogP contribution < -0.4 is 11.1 Å². The van der Waals surface area contributed by atoms with Crippen molar-refractivity contribution in [1.29, 1.82) is 0 Å². The van der Waals surface area contributed by atoms with Gasteiger partial charge >= 0.3 is 6.18 Å². The normalized spacial score (nSPS) is 14.2. The lowest BCUT2D eigenvalue weighted by atomic mass is 10.0. The molecule has 4 aromatic rings. The van der Waals surface area contributed by atoms with Crippen molar-refractivity contribution in [1.82, 2.24) is 9.97 Å². The number of hydrogen-bond acceptors (Lipinski definition) is 5. The molecule has 188 valence electrons. The highest BCUT2D eigenvalue weighted by atomic mass is 32.1. The van der Waals surface area contributed by atoms with Gasteiger partial charge in [0.15, 0.2) is 5.13 Å². The largest absolute Gasteiger partial charge is 0.416 e. The Balaban J connectivity index is 1.33. The van der Waals surface area contributed by atoms with Crippen molar-refractivity contribution in [3.05, 3.63) is 89.4 Å². The molecule has 0 spiro atoms. The van der Waals surface area contributed by atoms with Crippen LogP contribution in [0.5, 0.6) is 0 Å². The maximum absolute atomic E-state index is 12.8. The highest BCUT2D eigenvalue weighted by molar-refractivity contribution is 7.19. The van der Waals surface area contributed by atoms with Crippen molar-refractivity contribution in [3.63, 3.8) is 0 Å². The molecular weight excluding hydrogens is 493 g/mol. The highest BCUT2D eigenvalue weighted by Crippen LogP contribution is 2.35. The van der Waals surface area contributed by atoms with Gasteiger partial charge in [0.05, 0.1) is 10.4 Å². The van der Waals surface area contributed by atoms with Crippen LogP contribution in [0.3, 0.4) is 0 Å². The molecule has 0 aliphatic heterocycles. The lowest BCUT2D eigenvalue weighted by Crippen LogP contribution is -2.31. The van der Waals surface area contributed by atoms with E-state index in [0.29, 0.717) is 23.8 Å². The topological polar surface area (TPSA) is 63.8 Å². The second-order valence-electron chi connectivity index (χ2n) is 9.05. The number of alkyl halides is 3. The van der Waals surface area contributed by atoms with Crippen LogP contribution in [0.4, 0.5) is 18.3 Å². The van der Waals surface area contributed by atoms with Gasteiger partial charge in [0.2, 0.25) is 0 Å². The number of rotatable bonds is 6. The Labute approximate surface area is 217 Å². The first-order valence-electron chi connectivity index (χ1n) is 12.1. The second kappa shape index (κ2) is 10.8. The van der Waals surface area contributed by atoms with Crippen LogP contribution in [0.25, 0.3) is 21.2 Å². The summed E-state index contributed by atoms with van der Waals surface area (Å²) >= 11 is 1.52. The number of anilines is 1. The SMILES string of the molecule is NC(CNc1nc(C#CC2=CCCC2)c(-c2ccc3cnccc3c2)s1)Cc1ccc(C(F)(F)F)cc1. The van der Waals surface area contributed by atoms with Gasteiger partial charge in [-0.3, -0.25) is 4.98 Å². The minimum absolute atomic E-state index is 0.296. The summed E-state index contributed by atoms with van der Waals surface area (Å²) in [5.74, 6) is 6.56. The van der Waals surface area contributed by atoms with Crippen molar-refractivity contribution in [2.24, 2.45) is 5.73 Å². The van der Waals surface area contributed by atoms with E-state index in [1.807, 2.05) is 18.3 Å². The Kier molecular flexibility index (Phi) is 7.26. The fraction of sp³-hybridized carbons (Fsp3) is 0.241. The molecule has 0 saturated carbocycles. The van der Waals surface area contributed by atoms with E-state index in [9.17, 15) is 13.2 Å². The molecule has 0 bridgehead atoms. The molecule has 1 aliphatic rings. The number of thiazole rings is 1. The van der Waals surface area contributed by atoms with Gasteiger partial charge in [-0.25, -0.2) is 4.98 Å². The standard InChI is InChI=1S/C29H25F3N4S/c30-29(31,32)24-10-5-20(6-11-24)15-25(33)18-35-28-36-26(12-7-19-3-1-2-4-19)27(37-28)22-8-9-23-17-34-14-13-21(23)16-22/h3,5-6,8-11,13-14,16-17,25H,1-2,4,15,18,33H2,(H,35,36). The Hall–Kier alpha value is -3.67. The van der Waals surface area contributed by atoms with Crippen LogP contribution >= 0.6 is 11.3 Å². The van der Waals surface area contributed by atoms with Crippen LogP contribution in [0.2, 0.25) is 0 Å². The van der Waals surface area contributed by atoms with Gasteiger partial charge in [-0.2, -0.15) is 13.2 Å². The first-order valence-corrected chi connectivity index (χ1v) is 12.9. The van der Waals surface area contributed by atoms with Crippen LogP contribution in [0, 0.1) is 11.8 Å². The van der Waals surface area contributed by atoms with E-state index < -0.39 is 11.7 Å². The van der Waals surface area contributed by atoms with Crippen molar-refractivity contribution in [2.45, 2.75) is 37.9 Å². The van der Waals surface area contributed by atoms with Gasteiger partial charge < -0.3 is 11.1 Å². The Morgan fingerprint density at radius 2 is 1.89 bits per heavy atom. The summed E-state index contributed by atoms with van der Waals surface area (Å²) in [6.45, 7) is 0.426. The molecule has 0 amide bonds. The van der Waals surface area contributed by atoms with Crippen molar-refractivity contribution < 1.29 is 13.2 Å². The van der Waals surface area contributed by atoms with Gasteiger partial charge in [-0.1, -0.05) is 47.6 Å². The number of hydrogen-bond donors (Lipinski definition) is 2. The number of halogens is 3. The van der Waals surface area contributed by atoms with Crippen molar-refractivity contribution >= 4 is 27.2 Å². The lowest BCUT2D eigenvalue weighted by Gasteiger charge is -2.13. The van der Waals surface area contributed by atoms with Gasteiger partial charge in [-0.15, -0.1) is 0 Å². The van der Waals surface area contributed by atoms with Gasteiger partial charge in [0.1, 0.15) is 5.69 Å². The molecular formula is C29H25F3N4S. The molecule has 37 heavy (non-hydrogen) atoms. The summed E-state index contributed by atoms with van der Waals surface area (Å²) in [7, 11) is 0. The van der Waals surface area contributed by atoms with Crippen LogP contribution in [0.1, 0.15) is 36.1 Å². The van der Waals surface area contributed by atoms with E-state index in [-0.39, 0.29) is 6.04 Å². The molecule has 0 saturated heterocycles. The first-order chi connectivity index (χ1) is 17.8. The summed E-state index contributed by atoms with van der Waals surface area (Å²) in [6, 6.07) is 13.0. The number of nitrogens with one attached hydrogen (secondary N) is 1. The van der Waals surface area contributed by atoms with Crippen LogP contribution in [0.15, 0.2) is 72.6 Å². The first kappa shape index (κ1) is 25.0. The molecule has 8 heteroatoms. The average Bonchev–Trinajstić information content (AvgIpc) is 3.56. The molecule has 3 N–H and O–H groups in total. The quantitative estimate of drug-likeness (QED) is 0.275. The van der Waals surface area contributed by atoms with E-state index in [1.165, 1.54) is 23.5 Å². The van der Waals surface area contributed by atoms with Crippen molar-refractivity contribution in [3.8, 4) is 22.3 Å². The zero-order chi connectivity index (χ0) is 25.8. The minimum Gasteiger partial charge on any atom is -0.360 e. The summed E-state index contributed by atoms with van der Waals surface area (Å²) in [5.41, 5.74) is 9.27. The monoisotopic (exact) mass is 518 g/mol. The maximum atomic E-state index is 12.8. The number of aromatic nitrogens is 2. The molecule has 2 aromatic carbocycles. The molecule has 1 aliphatic carbocycles. The summed E-state index contributed by atoms with van der Waals surface area (Å²) in [4.78, 5) is 9.92. The van der Waals surface area contributed by atoms with Gasteiger partial charge in [0.25, 0.3) is 0 Å². The number of nitrogens with two attached hydrogens (primary N) is 1. The zero-order valence-corrected chi connectivity index (χ0v) is 20.8. The number of fused-ring (bicyclic) bond motifs is 1. The van der Waals surface area contributed by atoms with Crippen LogP contribution in [-0.2, 0) is 12.6 Å². The van der Waals surface area contributed by atoms with E-state index in [0.717, 1.165) is 63.7 Å². The smallest absolute Gasteiger partial charge is 0.360 e. The van der Waals surface area contributed by atoms with E-state index in [1.54, 1.807) is 6.20 Å². The molecule has 0 fully saturated rings. The third-order valence-electron chi connectivity index (χ3n) is 6.21. The Morgan fingerprint density at radius 1 is 1.05 bits per heavy atom. The number of pyridine rings is 1. The fourth-order valence-electron chi connectivity index (χ4n) is 4.25. The zero-order valence-electron chi connectivity index (χ0n) is 20.0. The molecule has 0 radical (unpaired) electrons. The van der Waals surface area contributed by atoms with E-state index in [4.69, 9.17) is 10.7 Å². The summed E-state index contributed by atoms with van der Waals surface area (Å²) in [5, 5.41) is 6.16. The Bertz CT molecular complexity index is 1490. The number of nitrogens with zero attached hydrogens (tertiary/aromatic N) is 2. The van der Waals surface area contributed by atoms with Gasteiger partial charge in [-0.05, 0) is 78.0 Å². The summed E-state index contributed by atoms with van der Waals surface area (Å²) in [6.07, 6.45) is 5.10. The molecule has 1 atom stereocenters. The lowest BCUT2D eigenvalue weighted by molar-refractivity contribution is -0.137. The molecule has 4 nitrogen and oxygen atoms in total. The van der Waals surface area contributed by atoms with E-state index in [2.05, 4.69) is 40.4 Å². The molecule has 1 unspecified atom stereocenters. The Morgan fingerprint density at radius 3 is 2.65 bits per heavy atom. The summed E-state index contributed by atoms with van der Waals surface area (Å²) < 4.78 is 38.4. The average molecular weight is 519 g/mol.